The highest BCUT2D eigenvalue weighted by Gasteiger charge is 2.14. The number of imidazole rings is 1. The quantitative estimate of drug-likeness (QED) is 0.0560. The third-order valence-electron chi connectivity index (χ3n) is 9.66. The summed E-state index contributed by atoms with van der Waals surface area (Å²) in [5.74, 6) is 1.54. The smallest absolute Gasteiger partial charge is 0.234 e. The Morgan fingerprint density at radius 2 is 0.714 bits per heavy atom. The molecule has 0 atom stereocenters. The molecule has 0 radical (unpaired) electrons. The molecule has 0 aliphatic rings. The normalized spacial score (nSPS) is 11.6. The topological polar surface area (TPSA) is 8.81 Å². The molecule has 0 N–H and O–H groups in total. The first-order valence-corrected chi connectivity index (χ1v) is 19.9. The van der Waals surface area contributed by atoms with Crippen molar-refractivity contribution in [2.24, 2.45) is 0 Å². The lowest BCUT2D eigenvalue weighted by molar-refractivity contribution is -0.704. The third kappa shape index (κ3) is 23.6. The SMILES string of the molecule is CCCCCCCCCCCCCCCCCCn1cc[n+](CCCCCCCCCCCCCCCCC)c1CC. The van der Waals surface area contributed by atoms with Gasteiger partial charge in [0.2, 0.25) is 0 Å². The van der Waals surface area contributed by atoms with E-state index in [2.05, 4.69) is 42.3 Å². The van der Waals surface area contributed by atoms with Crippen molar-refractivity contribution in [3.8, 4) is 0 Å². The molecule has 0 fully saturated rings. The van der Waals surface area contributed by atoms with E-state index in [9.17, 15) is 0 Å². The molecule has 1 heterocycles. The van der Waals surface area contributed by atoms with E-state index in [0.29, 0.717) is 0 Å². The second kappa shape index (κ2) is 31.6. The summed E-state index contributed by atoms with van der Waals surface area (Å²) >= 11 is 0. The molecule has 1 rings (SSSR count). The highest BCUT2D eigenvalue weighted by molar-refractivity contribution is 4.83. The lowest BCUT2D eigenvalue weighted by atomic mass is 10.0. The summed E-state index contributed by atoms with van der Waals surface area (Å²) in [6.45, 7) is 9.38. The van der Waals surface area contributed by atoms with Gasteiger partial charge >= 0.3 is 0 Å². The van der Waals surface area contributed by atoms with Crippen LogP contribution in [0.15, 0.2) is 12.4 Å². The average Bonchev–Trinajstić information content (AvgIpc) is 3.40. The van der Waals surface area contributed by atoms with E-state index in [0.717, 1.165) is 6.42 Å². The molecule has 1 aromatic heterocycles. The first kappa shape index (κ1) is 39.2. The molecule has 248 valence electrons. The van der Waals surface area contributed by atoms with E-state index in [1.165, 1.54) is 212 Å². The van der Waals surface area contributed by atoms with Crippen molar-refractivity contribution in [2.45, 2.75) is 239 Å². The molecule has 0 spiro atoms. The van der Waals surface area contributed by atoms with Gasteiger partial charge in [0.25, 0.3) is 5.82 Å². The van der Waals surface area contributed by atoms with Gasteiger partial charge < -0.3 is 0 Å². The fraction of sp³-hybridized carbons (Fsp3) is 0.925. The molecule has 0 aliphatic carbocycles. The largest absolute Gasteiger partial charge is 0.256 e. The van der Waals surface area contributed by atoms with Gasteiger partial charge in [0.15, 0.2) is 0 Å². The van der Waals surface area contributed by atoms with Crippen molar-refractivity contribution in [3.05, 3.63) is 18.2 Å². The highest BCUT2D eigenvalue weighted by Crippen LogP contribution is 2.15. The van der Waals surface area contributed by atoms with Gasteiger partial charge in [-0.25, -0.2) is 9.13 Å². The summed E-state index contributed by atoms with van der Waals surface area (Å²) < 4.78 is 5.10. The van der Waals surface area contributed by atoms with Crippen LogP contribution in [0.4, 0.5) is 0 Å². The van der Waals surface area contributed by atoms with Crippen molar-refractivity contribution in [1.82, 2.24) is 4.57 Å². The molecular weight excluding hydrogens is 508 g/mol. The summed E-state index contributed by atoms with van der Waals surface area (Å²) in [4.78, 5) is 0. The van der Waals surface area contributed by atoms with Crippen molar-refractivity contribution in [3.63, 3.8) is 0 Å². The Hall–Kier alpha value is -0.790. The van der Waals surface area contributed by atoms with Gasteiger partial charge in [-0.2, -0.15) is 0 Å². The Labute approximate surface area is 266 Å². The van der Waals surface area contributed by atoms with Crippen molar-refractivity contribution in [2.75, 3.05) is 0 Å². The minimum absolute atomic E-state index is 1.16. The minimum Gasteiger partial charge on any atom is -0.234 e. The van der Waals surface area contributed by atoms with Gasteiger partial charge in [-0.3, -0.25) is 0 Å². The van der Waals surface area contributed by atoms with E-state index in [1.807, 2.05) is 0 Å². The lowest BCUT2D eigenvalue weighted by Gasteiger charge is -2.05. The molecule has 2 nitrogen and oxygen atoms in total. The number of hydrogen-bond acceptors (Lipinski definition) is 0. The zero-order valence-electron chi connectivity index (χ0n) is 29.6. The summed E-state index contributed by atoms with van der Waals surface area (Å²) in [6.07, 6.45) is 50.6. The molecule has 0 amide bonds. The Kier molecular flexibility index (Phi) is 29.5. The maximum Gasteiger partial charge on any atom is 0.256 e. The molecule has 0 saturated carbocycles. The molecule has 0 saturated heterocycles. The van der Waals surface area contributed by atoms with Gasteiger partial charge in [-0.15, -0.1) is 0 Å². The van der Waals surface area contributed by atoms with Gasteiger partial charge in [0, 0.05) is 6.42 Å². The molecule has 0 bridgehead atoms. The maximum absolute atomic E-state index is 2.55. The molecular formula is C40H79N2+. The zero-order valence-corrected chi connectivity index (χ0v) is 29.6. The summed E-state index contributed by atoms with van der Waals surface area (Å²) in [5.41, 5.74) is 0. The third-order valence-corrected chi connectivity index (χ3v) is 9.66. The monoisotopic (exact) mass is 588 g/mol. The molecule has 0 unspecified atom stereocenters. The fourth-order valence-corrected chi connectivity index (χ4v) is 6.80. The Morgan fingerprint density at radius 3 is 1.05 bits per heavy atom. The van der Waals surface area contributed by atoms with Crippen LogP contribution in [0.1, 0.15) is 226 Å². The van der Waals surface area contributed by atoms with Crippen LogP contribution in [-0.4, -0.2) is 4.57 Å². The number of nitrogens with zero attached hydrogens (tertiary/aromatic N) is 2. The lowest BCUT2D eigenvalue weighted by Crippen LogP contribution is -2.37. The Morgan fingerprint density at radius 1 is 0.405 bits per heavy atom. The summed E-state index contributed by atoms with van der Waals surface area (Å²) in [5, 5.41) is 0. The van der Waals surface area contributed by atoms with E-state index in [-0.39, 0.29) is 0 Å². The average molecular weight is 588 g/mol. The number of unbranched alkanes of at least 4 members (excludes halogenated alkanes) is 29. The number of aromatic nitrogens is 2. The number of aryl methyl sites for hydroxylation is 2. The van der Waals surface area contributed by atoms with Crippen molar-refractivity contribution >= 4 is 0 Å². The molecule has 1 aromatic rings. The molecule has 0 aromatic carbocycles. The van der Waals surface area contributed by atoms with E-state index in [1.54, 1.807) is 5.82 Å². The van der Waals surface area contributed by atoms with Crippen LogP contribution in [0.25, 0.3) is 0 Å². The molecule has 2 heteroatoms. The Bertz CT molecular complexity index is 648. The maximum atomic E-state index is 2.55. The van der Waals surface area contributed by atoms with Gasteiger partial charge in [-0.05, 0) is 25.7 Å². The number of hydrogen-bond donors (Lipinski definition) is 0. The second-order valence-electron chi connectivity index (χ2n) is 13.7. The Balaban J connectivity index is 1.92. The van der Waals surface area contributed by atoms with Gasteiger partial charge in [-0.1, -0.05) is 194 Å². The van der Waals surface area contributed by atoms with Crippen LogP contribution in [-0.2, 0) is 19.5 Å². The summed E-state index contributed by atoms with van der Waals surface area (Å²) in [6, 6.07) is 0. The van der Waals surface area contributed by atoms with Crippen LogP contribution in [0, 0.1) is 0 Å². The van der Waals surface area contributed by atoms with Crippen LogP contribution in [0.3, 0.4) is 0 Å². The van der Waals surface area contributed by atoms with Crippen LogP contribution < -0.4 is 4.57 Å². The van der Waals surface area contributed by atoms with Crippen LogP contribution >= 0.6 is 0 Å². The first-order chi connectivity index (χ1) is 20.8. The predicted molar refractivity (Wildman–Crippen MR) is 188 cm³/mol. The second-order valence-corrected chi connectivity index (χ2v) is 13.7. The molecule has 42 heavy (non-hydrogen) atoms. The van der Waals surface area contributed by atoms with E-state index in [4.69, 9.17) is 0 Å². The van der Waals surface area contributed by atoms with Crippen molar-refractivity contribution < 1.29 is 4.57 Å². The fourth-order valence-electron chi connectivity index (χ4n) is 6.80. The van der Waals surface area contributed by atoms with Crippen molar-refractivity contribution in [1.29, 1.82) is 0 Å². The van der Waals surface area contributed by atoms with Gasteiger partial charge in [0.1, 0.15) is 12.4 Å². The van der Waals surface area contributed by atoms with E-state index < -0.39 is 0 Å². The van der Waals surface area contributed by atoms with Crippen LogP contribution in [0.5, 0.6) is 0 Å². The standard InChI is InChI=1S/C40H79N2/c1-4-7-9-11-13-15-17-19-21-23-25-27-29-31-33-35-37-42-39-38-41(40(42)6-3)36-34-32-30-28-26-24-22-20-18-16-14-12-10-8-5-2/h38-39H,4-37H2,1-3H3/q+1. The predicted octanol–water partition coefficient (Wildman–Crippen LogP) is 13.5. The van der Waals surface area contributed by atoms with E-state index >= 15 is 0 Å². The highest BCUT2D eigenvalue weighted by atomic mass is 15.1. The molecule has 0 aliphatic heterocycles. The summed E-state index contributed by atoms with van der Waals surface area (Å²) in [7, 11) is 0. The number of rotatable bonds is 34. The van der Waals surface area contributed by atoms with Gasteiger partial charge in [0.05, 0.1) is 13.1 Å². The van der Waals surface area contributed by atoms with Crippen LogP contribution in [0.2, 0.25) is 0 Å². The minimum atomic E-state index is 1.16. The first-order valence-electron chi connectivity index (χ1n) is 19.9. The zero-order chi connectivity index (χ0) is 30.2.